The van der Waals surface area contributed by atoms with E-state index < -0.39 is 5.97 Å². The largest absolute Gasteiger partial charge is 0.452 e. The summed E-state index contributed by atoms with van der Waals surface area (Å²) in [6.45, 7) is 2.39. The van der Waals surface area contributed by atoms with Crippen LogP contribution in [0.2, 0.25) is 0 Å². The second-order valence-electron chi connectivity index (χ2n) is 7.92. The molecule has 0 N–H and O–H groups in total. The van der Waals surface area contributed by atoms with E-state index in [1.54, 1.807) is 30.0 Å². The third-order valence-electron chi connectivity index (χ3n) is 5.79. The average Bonchev–Trinajstić information content (AvgIpc) is 3.22. The number of hydrogen-bond acceptors (Lipinski definition) is 6. The molecule has 2 aromatic carbocycles. The maximum absolute atomic E-state index is 13.3. The molecule has 1 amide bonds. The van der Waals surface area contributed by atoms with Crippen molar-refractivity contribution in [2.75, 3.05) is 13.2 Å². The number of carbonyl (C=O) groups excluding carboxylic acids is 2. The molecule has 166 valence electrons. The molecule has 0 bridgehead atoms. The summed E-state index contributed by atoms with van der Waals surface area (Å²) < 4.78 is 24.0. The van der Waals surface area contributed by atoms with Crippen molar-refractivity contribution < 1.29 is 23.2 Å². The lowest BCUT2D eigenvalue weighted by Gasteiger charge is -2.28. The van der Waals surface area contributed by atoms with E-state index in [1.807, 2.05) is 18.2 Å². The second kappa shape index (κ2) is 8.46. The number of halogens is 1. The number of hydrogen-bond donors (Lipinski definition) is 0. The Kier molecular flexibility index (Phi) is 5.34. The predicted molar refractivity (Wildman–Crippen MR) is 118 cm³/mol. The zero-order chi connectivity index (χ0) is 22.9. The molecule has 33 heavy (non-hydrogen) atoms. The highest BCUT2D eigenvalue weighted by atomic mass is 19.1. The molecule has 2 aromatic heterocycles. The quantitative estimate of drug-likeness (QED) is 0.440. The highest BCUT2D eigenvalue weighted by molar-refractivity contribution is 6.04. The van der Waals surface area contributed by atoms with Gasteiger partial charge in [0.2, 0.25) is 0 Å². The Bertz CT molecular complexity index is 1360. The number of aromatic nitrogens is 2. The Balaban J connectivity index is 1.36. The number of benzene rings is 2. The zero-order valence-corrected chi connectivity index (χ0v) is 17.9. The number of rotatable bonds is 4. The van der Waals surface area contributed by atoms with Gasteiger partial charge in [-0.1, -0.05) is 29.4 Å². The van der Waals surface area contributed by atoms with Crippen LogP contribution in [0.4, 0.5) is 4.39 Å². The summed E-state index contributed by atoms with van der Waals surface area (Å²) in [5, 5.41) is 4.32. The predicted octanol–water partition coefficient (Wildman–Crippen LogP) is 4.08. The fourth-order valence-corrected chi connectivity index (χ4v) is 4.03. The van der Waals surface area contributed by atoms with Gasteiger partial charge in [-0.05, 0) is 54.8 Å². The Labute approximate surface area is 188 Å². The number of pyridine rings is 1. The third-order valence-corrected chi connectivity index (χ3v) is 5.79. The minimum Gasteiger partial charge on any atom is -0.452 e. The smallest absolute Gasteiger partial charge is 0.339 e. The first-order valence-electron chi connectivity index (χ1n) is 10.5. The number of nitrogens with zero attached hydrogens (tertiary/aromatic N) is 3. The number of esters is 1. The van der Waals surface area contributed by atoms with Crippen molar-refractivity contribution in [3.8, 4) is 11.3 Å². The molecule has 0 unspecified atom stereocenters. The van der Waals surface area contributed by atoms with Gasteiger partial charge in [-0.15, -0.1) is 0 Å². The van der Waals surface area contributed by atoms with Crippen LogP contribution in [0.25, 0.3) is 22.4 Å². The van der Waals surface area contributed by atoms with Crippen molar-refractivity contribution in [3.05, 3.63) is 82.8 Å². The molecular weight excluding hydrogens is 425 g/mol. The van der Waals surface area contributed by atoms with E-state index in [0.717, 1.165) is 12.0 Å². The minimum atomic E-state index is -0.678. The van der Waals surface area contributed by atoms with Gasteiger partial charge in [-0.3, -0.25) is 4.79 Å². The Morgan fingerprint density at radius 2 is 1.88 bits per heavy atom. The number of amides is 1. The number of ether oxygens (including phenoxy) is 1. The first kappa shape index (κ1) is 20.8. The summed E-state index contributed by atoms with van der Waals surface area (Å²) >= 11 is 0. The number of fused-ring (bicyclic) bond motifs is 2. The van der Waals surface area contributed by atoms with E-state index in [4.69, 9.17) is 9.26 Å². The molecule has 3 heterocycles. The monoisotopic (exact) mass is 445 g/mol. The van der Waals surface area contributed by atoms with Gasteiger partial charge < -0.3 is 14.2 Å². The van der Waals surface area contributed by atoms with Gasteiger partial charge in [0.1, 0.15) is 5.82 Å². The lowest BCUT2D eigenvalue weighted by Crippen LogP contribution is -2.38. The lowest BCUT2D eigenvalue weighted by molar-refractivity contribution is -0.135. The zero-order valence-electron chi connectivity index (χ0n) is 17.9. The Morgan fingerprint density at radius 1 is 1.12 bits per heavy atom. The van der Waals surface area contributed by atoms with E-state index in [9.17, 15) is 14.0 Å². The van der Waals surface area contributed by atoms with Crippen LogP contribution in [0, 0.1) is 12.7 Å². The molecule has 0 atom stereocenters. The van der Waals surface area contributed by atoms with Gasteiger partial charge in [0.25, 0.3) is 11.6 Å². The van der Waals surface area contributed by atoms with E-state index in [-0.39, 0.29) is 29.6 Å². The maximum Gasteiger partial charge on any atom is 0.339 e. The first-order chi connectivity index (χ1) is 16.0. The molecule has 4 aromatic rings. The number of aryl methyl sites for hydroxylation is 1. The van der Waals surface area contributed by atoms with Crippen LogP contribution < -0.4 is 0 Å². The first-order valence-corrected chi connectivity index (χ1v) is 10.5. The Hall–Kier alpha value is -4.07. The minimum absolute atomic E-state index is 0.167. The molecule has 0 aliphatic carbocycles. The molecule has 5 rings (SSSR count). The van der Waals surface area contributed by atoms with E-state index >= 15 is 0 Å². The molecular formula is C25H20FN3O4. The van der Waals surface area contributed by atoms with E-state index in [1.165, 1.54) is 17.7 Å². The van der Waals surface area contributed by atoms with Crippen LogP contribution in [0.1, 0.15) is 27.2 Å². The lowest BCUT2D eigenvalue weighted by atomic mass is 10.00. The highest BCUT2D eigenvalue weighted by Gasteiger charge is 2.24. The van der Waals surface area contributed by atoms with Crippen molar-refractivity contribution in [3.63, 3.8) is 0 Å². The summed E-state index contributed by atoms with van der Waals surface area (Å²) in [6, 6.07) is 15.3. The van der Waals surface area contributed by atoms with Crippen molar-refractivity contribution in [2.24, 2.45) is 0 Å². The van der Waals surface area contributed by atoms with Crippen LogP contribution in [0.3, 0.4) is 0 Å². The van der Waals surface area contributed by atoms with Crippen LogP contribution >= 0.6 is 0 Å². The fraction of sp³-hybridized carbons (Fsp3) is 0.200. The molecule has 1 aliphatic heterocycles. The third kappa shape index (κ3) is 4.07. The topological polar surface area (TPSA) is 85.5 Å². The molecule has 0 saturated carbocycles. The highest BCUT2D eigenvalue weighted by Crippen LogP contribution is 2.28. The van der Waals surface area contributed by atoms with Gasteiger partial charge >= 0.3 is 5.97 Å². The van der Waals surface area contributed by atoms with Crippen LogP contribution in [0.15, 0.2) is 59.1 Å². The summed E-state index contributed by atoms with van der Waals surface area (Å²) in [6.07, 6.45) is 0.766. The van der Waals surface area contributed by atoms with Crippen molar-refractivity contribution in [2.45, 2.75) is 19.9 Å². The average molecular weight is 445 g/mol. The van der Waals surface area contributed by atoms with Crippen LogP contribution in [-0.4, -0.2) is 40.1 Å². The summed E-state index contributed by atoms with van der Waals surface area (Å²) in [4.78, 5) is 31.8. The van der Waals surface area contributed by atoms with Gasteiger partial charge in [0.05, 0.1) is 22.3 Å². The molecule has 0 radical (unpaired) electrons. The summed E-state index contributed by atoms with van der Waals surface area (Å²) in [5.41, 5.74) is 4.18. The Morgan fingerprint density at radius 3 is 2.67 bits per heavy atom. The second-order valence-corrected chi connectivity index (χ2v) is 7.92. The van der Waals surface area contributed by atoms with Crippen molar-refractivity contribution in [1.29, 1.82) is 0 Å². The normalized spacial score (nSPS) is 13.1. The van der Waals surface area contributed by atoms with Crippen LogP contribution in [-0.2, 0) is 22.5 Å². The molecule has 0 fully saturated rings. The summed E-state index contributed by atoms with van der Waals surface area (Å²) in [7, 11) is 0. The van der Waals surface area contributed by atoms with E-state index in [2.05, 4.69) is 16.2 Å². The molecule has 8 heteroatoms. The standard InChI is InChI=1S/C25H20FN3O4/c1-15-23-20(12-21(27-24(23)33-28-15)17-6-8-19(26)9-7-17)25(31)32-14-22(30)29-11-10-16-4-2-3-5-18(16)13-29/h2-9,12H,10-11,13-14H2,1H3. The molecule has 0 spiro atoms. The van der Waals surface area contributed by atoms with Gasteiger partial charge in [0.15, 0.2) is 6.61 Å². The maximum atomic E-state index is 13.3. The summed E-state index contributed by atoms with van der Waals surface area (Å²) in [5.74, 6) is -1.32. The fourth-order valence-electron chi connectivity index (χ4n) is 4.03. The van der Waals surface area contributed by atoms with Crippen LogP contribution in [0.5, 0.6) is 0 Å². The molecule has 1 aliphatic rings. The van der Waals surface area contributed by atoms with Gasteiger partial charge in [-0.2, -0.15) is 0 Å². The van der Waals surface area contributed by atoms with Crippen molar-refractivity contribution in [1.82, 2.24) is 15.0 Å². The molecule has 0 saturated heterocycles. The SMILES string of the molecule is Cc1noc2nc(-c3ccc(F)cc3)cc(C(=O)OCC(=O)N3CCc4ccccc4C3)c12. The van der Waals surface area contributed by atoms with Gasteiger partial charge in [-0.25, -0.2) is 14.2 Å². The number of carbonyl (C=O) groups is 2. The van der Waals surface area contributed by atoms with Crippen molar-refractivity contribution >= 4 is 23.0 Å². The van der Waals surface area contributed by atoms with Gasteiger partial charge in [0, 0.05) is 18.7 Å². The van der Waals surface area contributed by atoms with E-state index in [0.29, 0.717) is 35.4 Å². The molecule has 7 nitrogen and oxygen atoms in total.